The van der Waals surface area contributed by atoms with Crippen LogP contribution in [0.15, 0.2) is 24.3 Å². The van der Waals surface area contributed by atoms with E-state index in [0.717, 1.165) is 0 Å². The summed E-state index contributed by atoms with van der Waals surface area (Å²) in [5.74, 6) is -2.70. The second kappa shape index (κ2) is 6.43. The van der Waals surface area contributed by atoms with E-state index < -0.39 is 23.9 Å². The summed E-state index contributed by atoms with van der Waals surface area (Å²) in [4.78, 5) is 23.6. The number of anilines is 1. The maximum atomic E-state index is 11.1. The number of carboxylic acids is 2. The van der Waals surface area contributed by atoms with E-state index in [1.54, 1.807) is 24.3 Å². The minimum absolute atomic E-state index is 0.0759. The van der Waals surface area contributed by atoms with Crippen LogP contribution in [0.5, 0.6) is 0 Å². The van der Waals surface area contributed by atoms with E-state index in [0.29, 0.717) is 10.7 Å². The van der Waals surface area contributed by atoms with Crippen LogP contribution in [0.1, 0.15) is 13.8 Å². The van der Waals surface area contributed by atoms with Gasteiger partial charge in [0.15, 0.2) is 0 Å². The van der Waals surface area contributed by atoms with E-state index in [1.807, 2.05) is 0 Å². The molecule has 0 fully saturated rings. The average molecular weight is 286 g/mol. The van der Waals surface area contributed by atoms with Gasteiger partial charge in [0, 0.05) is 6.54 Å². The highest BCUT2D eigenvalue weighted by Gasteiger charge is 2.26. The van der Waals surface area contributed by atoms with Gasteiger partial charge in [-0.2, -0.15) is 0 Å². The highest BCUT2D eigenvalue weighted by molar-refractivity contribution is 6.33. The van der Waals surface area contributed by atoms with Crippen LogP contribution in [0.3, 0.4) is 0 Å². The standard InChI is InChI=1S/C13H16ClNO4/c1-8(12(16)17)7-15(9(2)13(18)19)11-6-4-3-5-10(11)14/h3-6,8-9H,7H2,1-2H3,(H,16,17)(H,18,19). The van der Waals surface area contributed by atoms with Crippen molar-refractivity contribution in [3.05, 3.63) is 29.3 Å². The Morgan fingerprint density at radius 1 is 1.21 bits per heavy atom. The van der Waals surface area contributed by atoms with Crippen LogP contribution in [0, 0.1) is 5.92 Å². The molecule has 0 saturated carbocycles. The highest BCUT2D eigenvalue weighted by Crippen LogP contribution is 2.27. The average Bonchev–Trinajstić information content (AvgIpc) is 2.35. The lowest BCUT2D eigenvalue weighted by Crippen LogP contribution is -2.43. The molecule has 1 aromatic carbocycles. The number of carbonyl (C=O) groups is 2. The van der Waals surface area contributed by atoms with Gasteiger partial charge >= 0.3 is 11.9 Å². The van der Waals surface area contributed by atoms with Crippen molar-refractivity contribution in [3.63, 3.8) is 0 Å². The summed E-state index contributed by atoms with van der Waals surface area (Å²) in [5.41, 5.74) is 0.521. The van der Waals surface area contributed by atoms with E-state index in [9.17, 15) is 9.59 Å². The van der Waals surface area contributed by atoms with Crippen molar-refractivity contribution in [2.24, 2.45) is 5.92 Å². The lowest BCUT2D eigenvalue weighted by molar-refractivity contribution is -0.142. The van der Waals surface area contributed by atoms with Crippen molar-refractivity contribution in [1.82, 2.24) is 0 Å². The lowest BCUT2D eigenvalue weighted by atomic mass is 10.1. The Morgan fingerprint density at radius 2 is 1.79 bits per heavy atom. The van der Waals surface area contributed by atoms with E-state index in [4.69, 9.17) is 21.8 Å². The molecular weight excluding hydrogens is 270 g/mol. The zero-order chi connectivity index (χ0) is 14.6. The van der Waals surface area contributed by atoms with Gasteiger partial charge in [-0.3, -0.25) is 4.79 Å². The van der Waals surface area contributed by atoms with Crippen LogP contribution in [0.4, 0.5) is 5.69 Å². The molecule has 6 heteroatoms. The molecule has 0 aliphatic heterocycles. The molecule has 19 heavy (non-hydrogen) atoms. The quantitative estimate of drug-likeness (QED) is 0.839. The number of halogens is 1. The number of carboxylic acid groups (broad SMARTS) is 2. The molecule has 0 saturated heterocycles. The van der Waals surface area contributed by atoms with Crippen molar-refractivity contribution < 1.29 is 19.8 Å². The molecule has 104 valence electrons. The van der Waals surface area contributed by atoms with Crippen molar-refractivity contribution in [2.45, 2.75) is 19.9 Å². The Balaban J connectivity index is 3.09. The third-order valence-corrected chi connectivity index (χ3v) is 3.20. The third-order valence-electron chi connectivity index (χ3n) is 2.88. The molecule has 0 radical (unpaired) electrons. The summed E-state index contributed by atoms with van der Waals surface area (Å²) < 4.78 is 0. The number of hydrogen-bond acceptors (Lipinski definition) is 3. The molecule has 2 unspecified atom stereocenters. The summed E-state index contributed by atoms with van der Waals surface area (Å²) in [7, 11) is 0. The number of nitrogens with zero attached hydrogens (tertiary/aromatic N) is 1. The minimum atomic E-state index is -1.03. The van der Waals surface area contributed by atoms with E-state index in [2.05, 4.69) is 0 Å². The number of aliphatic carboxylic acids is 2. The normalized spacial score (nSPS) is 13.6. The van der Waals surface area contributed by atoms with Crippen LogP contribution < -0.4 is 4.90 Å². The van der Waals surface area contributed by atoms with E-state index >= 15 is 0 Å². The van der Waals surface area contributed by atoms with Crippen molar-refractivity contribution >= 4 is 29.2 Å². The molecule has 1 aromatic rings. The zero-order valence-corrected chi connectivity index (χ0v) is 11.5. The van der Waals surface area contributed by atoms with Crippen LogP contribution >= 0.6 is 11.6 Å². The lowest BCUT2D eigenvalue weighted by Gasteiger charge is -2.30. The van der Waals surface area contributed by atoms with Gasteiger partial charge in [-0.25, -0.2) is 4.79 Å². The summed E-state index contributed by atoms with van der Waals surface area (Å²) in [6, 6.07) is 5.92. The Bertz CT molecular complexity index is 477. The highest BCUT2D eigenvalue weighted by atomic mass is 35.5. The van der Waals surface area contributed by atoms with Gasteiger partial charge < -0.3 is 15.1 Å². The fourth-order valence-corrected chi connectivity index (χ4v) is 1.90. The number of hydrogen-bond donors (Lipinski definition) is 2. The molecule has 1 rings (SSSR count). The third kappa shape index (κ3) is 3.86. The number of benzene rings is 1. The summed E-state index contributed by atoms with van der Waals surface area (Å²) >= 11 is 6.05. The zero-order valence-electron chi connectivity index (χ0n) is 10.7. The van der Waals surface area contributed by atoms with Gasteiger partial charge in [0.2, 0.25) is 0 Å². The second-order valence-corrected chi connectivity index (χ2v) is 4.76. The molecule has 0 aromatic heterocycles. The monoisotopic (exact) mass is 285 g/mol. The SMILES string of the molecule is CC(CN(c1ccccc1Cl)C(C)C(=O)O)C(=O)O. The van der Waals surface area contributed by atoms with E-state index in [1.165, 1.54) is 18.7 Å². The van der Waals surface area contributed by atoms with Gasteiger partial charge in [-0.15, -0.1) is 0 Å². The summed E-state index contributed by atoms with van der Waals surface area (Å²) in [6.45, 7) is 3.10. The molecule has 0 bridgehead atoms. The smallest absolute Gasteiger partial charge is 0.326 e. The fraction of sp³-hybridized carbons (Fsp3) is 0.385. The molecule has 0 spiro atoms. The molecule has 2 atom stereocenters. The first kappa shape index (κ1) is 15.3. The van der Waals surface area contributed by atoms with Crippen molar-refractivity contribution in [1.29, 1.82) is 0 Å². The molecule has 0 heterocycles. The van der Waals surface area contributed by atoms with Crippen molar-refractivity contribution in [2.75, 3.05) is 11.4 Å². The molecular formula is C13H16ClNO4. The van der Waals surface area contributed by atoms with Gasteiger partial charge in [0.1, 0.15) is 6.04 Å². The molecule has 0 aliphatic rings. The molecule has 0 amide bonds. The Morgan fingerprint density at radius 3 is 2.26 bits per heavy atom. The Hall–Kier alpha value is -1.75. The van der Waals surface area contributed by atoms with Gasteiger partial charge in [-0.1, -0.05) is 30.7 Å². The number of para-hydroxylation sites is 1. The maximum absolute atomic E-state index is 11.1. The fourth-order valence-electron chi connectivity index (χ4n) is 1.66. The van der Waals surface area contributed by atoms with E-state index in [-0.39, 0.29) is 6.54 Å². The largest absolute Gasteiger partial charge is 0.481 e. The topological polar surface area (TPSA) is 77.8 Å². The molecule has 5 nitrogen and oxygen atoms in total. The van der Waals surface area contributed by atoms with Crippen LogP contribution in [0.25, 0.3) is 0 Å². The van der Waals surface area contributed by atoms with Crippen LogP contribution in [-0.2, 0) is 9.59 Å². The Kier molecular flexibility index (Phi) is 5.18. The van der Waals surface area contributed by atoms with Gasteiger partial charge in [0.05, 0.1) is 16.6 Å². The van der Waals surface area contributed by atoms with Crippen molar-refractivity contribution in [3.8, 4) is 0 Å². The first-order chi connectivity index (χ1) is 8.84. The first-order valence-corrected chi connectivity index (χ1v) is 6.19. The number of rotatable bonds is 6. The predicted molar refractivity (Wildman–Crippen MR) is 72.7 cm³/mol. The van der Waals surface area contributed by atoms with Gasteiger partial charge in [0.25, 0.3) is 0 Å². The summed E-state index contributed by atoms with van der Waals surface area (Å²) in [5, 5.41) is 18.5. The minimum Gasteiger partial charge on any atom is -0.481 e. The first-order valence-electron chi connectivity index (χ1n) is 5.81. The molecule has 0 aliphatic carbocycles. The van der Waals surface area contributed by atoms with Crippen LogP contribution in [0.2, 0.25) is 5.02 Å². The van der Waals surface area contributed by atoms with Gasteiger partial charge in [-0.05, 0) is 19.1 Å². The van der Waals surface area contributed by atoms with Crippen LogP contribution in [-0.4, -0.2) is 34.7 Å². The predicted octanol–water partition coefficient (Wildman–Crippen LogP) is 2.34. The summed E-state index contributed by atoms with van der Waals surface area (Å²) in [6.07, 6.45) is 0. The molecule has 2 N–H and O–H groups in total. The second-order valence-electron chi connectivity index (χ2n) is 4.36. The Labute approximate surface area is 116 Å². The maximum Gasteiger partial charge on any atom is 0.326 e.